The van der Waals surface area contributed by atoms with Gasteiger partial charge in [-0.1, -0.05) is 140 Å². The van der Waals surface area contributed by atoms with Gasteiger partial charge in [0.15, 0.2) is 5.82 Å². The van der Waals surface area contributed by atoms with E-state index in [1.807, 2.05) is 84.9 Å². The summed E-state index contributed by atoms with van der Waals surface area (Å²) in [6.45, 7) is 2.16. The molecule has 0 N–H and O–H groups in total. The van der Waals surface area contributed by atoms with Crippen LogP contribution in [0, 0.1) is 0 Å². The predicted octanol–water partition coefficient (Wildman–Crippen LogP) is 11.8. The number of aryl methyl sites for hydroxylation is 1. The van der Waals surface area contributed by atoms with E-state index in [2.05, 4.69) is 102 Å². The third kappa shape index (κ3) is 5.81. The molecule has 6 aromatic carbocycles. The zero-order valence-electron chi connectivity index (χ0n) is 30.1. The minimum Gasteiger partial charge on any atom is -0.296 e. The SMILES string of the molecule is CCc1nc2c3c(-c4ccc(-c5cccc(-c6cc(-c7ccccc7)nc(-c7ccccc7)n6)n5)cc4)nc4ccccc4c3ccc2n1-c1ccccc1. The molecule has 0 aliphatic carbocycles. The van der Waals surface area contributed by atoms with E-state index < -0.39 is 0 Å². The molecular formula is C49H34N6. The zero-order valence-corrected chi connectivity index (χ0v) is 30.1. The Hall–Kier alpha value is -7.31. The molecule has 0 atom stereocenters. The second-order valence-corrected chi connectivity index (χ2v) is 13.6. The fourth-order valence-electron chi connectivity index (χ4n) is 7.53. The van der Waals surface area contributed by atoms with Crippen LogP contribution in [-0.2, 0) is 6.42 Å². The minimum atomic E-state index is 0.664. The second-order valence-electron chi connectivity index (χ2n) is 13.6. The average Bonchev–Trinajstić information content (AvgIpc) is 3.66. The first-order chi connectivity index (χ1) is 27.2. The van der Waals surface area contributed by atoms with E-state index in [0.717, 1.165) is 101 Å². The van der Waals surface area contributed by atoms with Gasteiger partial charge in [0.2, 0.25) is 0 Å². The number of imidazole rings is 1. The van der Waals surface area contributed by atoms with Crippen molar-refractivity contribution < 1.29 is 0 Å². The maximum atomic E-state index is 5.30. The maximum Gasteiger partial charge on any atom is 0.160 e. The molecule has 0 amide bonds. The number of benzene rings is 6. The first-order valence-corrected chi connectivity index (χ1v) is 18.6. The fourth-order valence-corrected chi connectivity index (χ4v) is 7.53. The van der Waals surface area contributed by atoms with E-state index in [0.29, 0.717) is 5.82 Å². The monoisotopic (exact) mass is 706 g/mol. The second kappa shape index (κ2) is 13.6. The number of pyridine rings is 2. The van der Waals surface area contributed by atoms with Crippen LogP contribution in [0.1, 0.15) is 12.7 Å². The summed E-state index contributed by atoms with van der Waals surface area (Å²) in [6.07, 6.45) is 0.804. The molecule has 10 aromatic rings. The Kier molecular flexibility index (Phi) is 7.99. The van der Waals surface area contributed by atoms with Gasteiger partial charge in [-0.15, -0.1) is 0 Å². The Morgan fingerprint density at radius 1 is 0.436 bits per heavy atom. The smallest absolute Gasteiger partial charge is 0.160 e. The van der Waals surface area contributed by atoms with Gasteiger partial charge in [0, 0.05) is 45.1 Å². The number of aromatic nitrogens is 6. The van der Waals surface area contributed by atoms with Crippen molar-refractivity contribution >= 4 is 32.7 Å². The van der Waals surface area contributed by atoms with E-state index in [9.17, 15) is 0 Å². The highest BCUT2D eigenvalue weighted by Crippen LogP contribution is 2.39. The predicted molar refractivity (Wildman–Crippen MR) is 224 cm³/mol. The highest BCUT2D eigenvalue weighted by atomic mass is 15.1. The van der Waals surface area contributed by atoms with Crippen molar-refractivity contribution in [3.05, 3.63) is 182 Å². The molecular weight excluding hydrogens is 673 g/mol. The van der Waals surface area contributed by atoms with E-state index in [1.54, 1.807) is 0 Å². The van der Waals surface area contributed by atoms with E-state index in [-0.39, 0.29) is 0 Å². The number of rotatable bonds is 7. The summed E-state index contributed by atoms with van der Waals surface area (Å²) in [4.78, 5) is 25.7. The van der Waals surface area contributed by atoms with Crippen molar-refractivity contribution in [2.45, 2.75) is 13.3 Å². The van der Waals surface area contributed by atoms with Crippen molar-refractivity contribution in [3.63, 3.8) is 0 Å². The Morgan fingerprint density at radius 3 is 1.84 bits per heavy atom. The molecule has 55 heavy (non-hydrogen) atoms. The molecule has 0 aliphatic rings. The highest BCUT2D eigenvalue weighted by Gasteiger charge is 2.20. The standard InChI is InChI=1S/C49H34N6/c1-2-45-54-48-44(55(45)36-19-10-5-11-20-36)30-29-38-37-21-12-13-22-40(37)51-47(46(38)48)34-27-25-33(26-28-34)39-23-14-24-41(50-39)43-31-42(32-15-6-3-7-16-32)52-49(53-43)35-17-8-4-9-18-35/h3-31H,2H2,1H3. The molecule has 0 spiro atoms. The number of fused-ring (bicyclic) bond motifs is 5. The molecule has 0 bridgehead atoms. The van der Waals surface area contributed by atoms with Crippen LogP contribution in [0.3, 0.4) is 0 Å². The summed E-state index contributed by atoms with van der Waals surface area (Å²) < 4.78 is 2.28. The Balaban J connectivity index is 1.09. The number of hydrogen-bond donors (Lipinski definition) is 0. The molecule has 4 heterocycles. The van der Waals surface area contributed by atoms with Gasteiger partial charge in [-0.2, -0.15) is 0 Å². The normalized spacial score (nSPS) is 11.4. The van der Waals surface area contributed by atoms with Crippen LogP contribution in [0.4, 0.5) is 0 Å². The van der Waals surface area contributed by atoms with E-state index in [1.165, 1.54) is 0 Å². The first kappa shape index (κ1) is 32.3. The van der Waals surface area contributed by atoms with E-state index in [4.69, 9.17) is 24.9 Å². The molecule has 0 fully saturated rings. The van der Waals surface area contributed by atoms with Crippen LogP contribution < -0.4 is 0 Å². The lowest BCUT2D eigenvalue weighted by molar-refractivity contribution is 0.908. The lowest BCUT2D eigenvalue weighted by atomic mass is 9.97. The van der Waals surface area contributed by atoms with E-state index >= 15 is 0 Å². The third-order valence-electron chi connectivity index (χ3n) is 10.2. The lowest BCUT2D eigenvalue weighted by Gasteiger charge is -2.13. The third-order valence-corrected chi connectivity index (χ3v) is 10.2. The summed E-state index contributed by atoms with van der Waals surface area (Å²) in [5.41, 5.74) is 12.3. The van der Waals surface area contributed by atoms with Crippen molar-refractivity contribution in [2.24, 2.45) is 0 Å². The van der Waals surface area contributed by atoms with Gasteiger partial charge in [-0.3, -0.25) is 4.57 Å². The van der Waals surface area contributed by atoms with Crippen molar-refractivity contribution in [1.82, 2.24) is 29.5 Å². The Bertz CT molecular complexity index is 2940. The molecule has 0 saturated heterocycles. The Morgan fingerprint density at radius 2 is 1.07 bits per heavy atom. The molecule has 260 valence electrons. The summed E-state index contributed by atoms with van der Waals surface area (Å²) in [7, 11) is 0. The van der Waals surface area contributed by atoms with Crippen molar-refractivity contribution in [1.29, 1.82) is 0 Å². The first-order valence-electron chi connectivity index (χ1n) is 18.6. The van der Waals surface area contributed by atoms with Gasteiger partial charge in [0.1, 0.15) is 5.82 Å². The Labute approximate surface area is 318 Å². The lowest BCUT2D eigenvalue weighted by Crippen LogP contribution is -1.99. The van der Waals surface area contributed by atoms with Gasteiger partial charge in [-0.05, 0) is 47.9 Å². The quantitative estimate of drug-likeness (QED) is 0.154. The zero-order chi connectivity index (χ0) is 36.7. The van der Waals surface area contributed by atoms with Crippen LogP contribution in [0.2, 0.25) is 0 Å². The molecule has 0 radical (unpaired) electrons. The van der Waals surface area contributed by atoms with Gasteiger partial charge in [-0.25, -0.2) is 24.9 Å². The summed E-state index contributed by atoms with van der Waals surface area (Å²) in [6, 6.07) is 60.3. The number of hydrogen-bond acceptors (Lipinski definition) is 5. The minimum absolute atomic E-state index is 0.664. The molecule has 0 unspecified atom stereocenters. The largest absolute Gasteiger partial charge is 0.296 e. The number of para-hydroxylation sites is 2. The molecule has 0 saturated carbocycles. The van der Waals surface area contributed by atoms with Gasteiger partial charge < -0.3 is 0 Å². The summed E-state index contributed by atoms with van der Waals surface area (Å²) >= 11 is 0. The average molecular weight is 707 g/mol. The van der Waals surface area contributed by atoms with Crippen molar-refractivity contribution in [2.75, 3.05) is 0 Å². The summed E-state index contributed by atoms with van der Waals surface area (Å²) in [5, 5.41) is 3.31. The van der Waals surface area contributed by atoms with Crippen molar-refractivity contribution in [3.8, 4) is 62.2 Å². The number of nitrogens with zero attached hydrogens (tertiary/aromatic N) is 6. The molecule has 6 heteroatoms. The van der Waals surface area contributed by atoms with Crippen LogP contribution in [-0.4, -0.2) is 29.5 Å². The molecule has 10 rings (SSSR count). The van der Waals surface area contributed by atoms with Crippen LogP contribution in [0.5, 0.6) is 0 Å². The van der Waals surface area contributed by atoms with Crippen LogP contribution in [0.25, 0.3) is 94.9 Å². The molecule has 4 aromatic heterocycles. The molecule has 6 nitrogen and oxygen atoms in total. The summed E-state index contributed by atoms with van der Waals surface area (Å²) in [5.74, 6) is 1.68. The maximum absolute atomic E-state index is 5.30. The van der Waals surface area contributed by atoms with Gasteiger partial charge in [0.05, 0.1) is 45.0 Å². The topological polar surface area (TPSA) is 69.4 Å². The van der Waals surface area contributed by atoms with Crippen LogP contribution in [0.15, 0.2) is 176 Å². The van der Waals surface area contributed by atoms with Gasteiger partial charge >= 0.3 is 0 Å². The van der Waals surface area contributed by atoms with Crippen LogP contribution >= 0.6 is 0 Å². The van der Waals surface area contributed by atoms with Gasteiger partial charge in [0.25, 0.3) is 0 Å². The molecule has 0 aliphatic heterocycles. The fraction of sp³-hybridized carbons (Fsp3) is 0.0408. The highest BCUT2D eigenvalue weighted by molar-refractivity contribution is 6.19.